The predicted octanol–water partition coefficient (Wildman–Crippen LogP) is 2.34. The first-order valence-electron chi connectivity index (χ1n) is 7.59. The largest absolute Gasteiger partial charge is 0.339 e. The lowest BCUT2D eigenvalue weighted by atomic mass is 9.99. The van der Waals surface area contributed by atoms with E-state index in [2.05, 4.69) is 10.1 Å². The van der Waals surface area contributed by atoms with Crippen LogP contribution in [0.25, 0.3) is 0 Å². The molecule has 8 heteroatoms. The number of hydrogen-bond acceptors (Lipinski definition) is 5. The first-order valence-corrected chi connectivity index (χ1v) is 9.03. The van der Waals surface area contributed by atoms with Gasteiger partial charge in [-0.25, -0.2) is 12.8 Å². The molecule has 124 valence electrons. The minimum absolute atomic E-state index is 0.0805. The molecule has 2 heterocycles. The molecule has 0 saturated carbocycles. The monoisotopic (exact) mass is 339 g/mol. The van der Waals surface area contributed by atoms with Crippen LogP contribution in [0.3, 0.4) is 0 Å². The van der Waals surface area contributed by atoms with Crippen LogP contribution in [0.2, 0.25) is 0 Å². The van der Waals surface area contributed by atoms with Crippen molar-refractivity contribution in [1.29, 1.82) is 0 Å². The zero-order valence-corrected chi connectivity index (χ0v) is 13.6. The Hall–Kier alpha value is -1.80. The van der Waals surface area contributed by atoms with Crippen LogP contribution < -0.4 is 0 Å². The molecule has 1 aliphatic rings. The van der Waals surface area contributed by atoms with Crippen molar-refractivity contribution >= 4 is 10.0 Å². The number of aryl methyl sites for hydroxylation is 1. The highest BCUT2D eigenvalue weighted by atomic mass is 32.2. The summed E-state index contributed by atoms with van der Waals surface area (Å²) in [6, 6.07) is 4.89. The highest BCUT2D eigenvalue weighted by molar-refractivity contribution is 7.89. The third kappa shape index (κ3) is 3.28. The molecular weight excluding hydrogens is 321 g/mol. The normalized spacial score (nSPS) is 19.8. The number of sulfonamides is 1. The summed E-state index contributed by atoms with van der Waals surface area (Å²) in [7, 11) is -3.64. The highest BCUT2D eigenvalue weighted by Crippen LogP contribution is 2.29. The van der Waals surface area contributed by atoms with Crippen LogP contribution in [0.5, 0.6) is 0 Å². The molecule has 0 unspecified atom stereocenters. The molecule has 3 rings (SSSR count). The number of aromatic nitrogens is 2. The van der Waals surface area contributed by atoms with E-state index in [0.717, 1.165) is 25.0 Å². The second-order valence-electron chi connectivity index (χ2n) is 5.56. The average molecular weight is 339 g/mol. The zero-order valence-electron chi connectivity index (χ0n) is 12.8. The van der Waals surface area contributed by atoms with Gasteiger partial charge in [0.2, 0.25) is 15.9 Å². The van der Waals surface area contributed by atoms with Gasteiger partial charge in [-0.1, -0.05) is 12.1 Å². The predicted molar refractivity (Wildman–Crippen MR) is 80.8 cm³/mol. The van der Waals surface area contributed by atoms with Crippen molar-refractivity contribution in [3.05, 3.63) is 41.8 Å². The van der Waals surface area contributed by atoms with Crippen LogP contribution in [0, 0.1) is 5.82 Å². The average Bonchev–Trinajstić information content (AvgIpc) is 3.04. The minimum atomic E-state index is -3.64. The highest BCUT2D eigenvalue weighted by Gasteiger charge is 2.32. The molecule has 1 aliphatic heterocycles. The van der Waals surface area contributed by atoms with Gasteiger partial charge in [0.05, 0.1) is 4.90 Å². The Bertz CT molecular complexity index is 774. The molecule has 0 spiro atoms. The number of piperidine rings is 1. The summed E-state index contributed by atoms with van der Waals surface area (Å²) in [4.78, 5) is 4.40. The molecule has 1 fully saturated rings. The molecule has 6 nitrogen and oxygen atoms in total. The fourth-order valence-electron chi connectivity index (χ4n) is 2.70. The molecule has 0 bridgehead atoms. The van der Waals surface area contributed by atoms with E-state index in [-0.39, 0.29) is 10.8 Å². The van der Waals surface area contributed by atoms with E-state index >= 15 is 0 Å². The number of benzene rings is 1. The van der Waals surface area contributed by atoms with Crippen LogP contribution in [0.4, 0.5) is 4.39 Å². The van der Waals surface area contributed by atoms with Crippen molar-refractivity contribution in [2.45, 2.75) is 37.0 Å². The lowest BCUT2D eigenvalue weighted by Gasteiger charge is -2.30. The molecule has 1 atom stereocenters. The van der Waals surface area contributed by atoms with E-state index < -0.39 is 15.8 Å². The summed E-state index contributed by atoms with van der Waals surface area (Å²) >= 11 is 0. The summed E-state index contributed by atoms with van der Waals surface area (Å²) < 4.78 is 44.9. The molecule has 0 amide bonds. The van der Waals surface area contributed by atoms with Gasteiger partial charge in [-0.3, -0.25) is 0 Å². The second-order valence-corrected chi connectivity index (χ2v) is 7.49. The zero-order chi connectivity index (χ0) is 16.4. The lowest BCUT2D eigenvalue weighted by molar-refractivity contribution is 0.300. The van der Waals surface area contributed by atoms with Gasteiger partial charge in [-0.2, -0.15) is 9.29 Å². The Morgan fingerprint density at radius 3 is 2.74 bits per heavy atom. The smallest absolute Gasteiger partial charge is 0.243 e. The van der Waals surface area contributed by atoms with Crippen molar-refractivity contribution < 1.29 is 17.3 Å². The van der Waals surface area contributed by atoms with Crippen LogP contribution in [-0.4, -0.2) is 36.0 Å². The van der Waals surface area contributed by atoms with E-state index in [1.54, 1.807) is 0 Å². The molecule has 0 N–H and O–H groups in total. The first-order chi connectivity index (χ1) is 11.0. The standard InChI is InChI=1S/C15H18FN3O3S/c1-2-14-17-15(18-22-14)11-4-3-9-19(10-11)23(20,21)13-7-5-12(16)6-8-13/h5-8,11H,2-4,9-10H2,1H3/t11-/m1/s1. The van der Waals surface area contributed by atoms with Crippen molar-refractivity contribution in [2.75, 3.05) is 13.1 Å². The van der Waals surface area contributed by atoms with Gasteiger partial charge in [0, 0.05) is 25.4 Å². The fraction of sp³-hybridized carbons (Fsp3) is 0.467. The van der Waals surface area contributed by atoms with Crippen LogP contribution in [-0.2, 0) is 16.4 Å². The topological polar surface area (TPSA) is 76.3 Å². The van der Waals surface area contributed by atoms with E-state index in [1.165, 1.54) is 16.4 Å². The van der Waals surface area contributed by atoms with Crippen molar-refractivity contribution in [3.63, 3.8) is 0 Å². The molecule has 0 radical (unpaired) electrons. The quantitative estimate of drug-likeness (QED) is 0.854. The Morgan fingerprint density at radius 1 is 1.35 bits per heavy atom. The number of halogens is 1. The van der Waals surface area contributed by atoms with E-state index in [4.69, 9.17) is 4.52 Å². The molecule has 0 aliphatic carbocycles. The molecule has 1 aromatic heterocycles. The Labute approximate surface area is 134 Å². The molecular formula is C15H18FN3O3S. The van der Waals surface area contributed by atoms with Gasteiger partial charge in [0.25, 0.3) is 0 Å². The third-order valence-electron chi connectivity index (χ3n) is 3.99. The molecule has 2 aromatic rings. The summed E-state index contributed by atoms with van der Waals surface area (Å²) in [5.74, 6) is 0.571. The maximum atomic E-state index is 13.0. The van der Waals surface area contributed by atoms with Gasteiger partial charge in [0.1, 0.15) is 5.82 Å². The Kier molecular flexibility index (Phi) is 4.45. The van der Waals surface area contributed by atoms with E-state index in [1.807, 2.05) is 6.92 Å². The summed E-state index contributed by atoms with van der Waals surface area (Å²) in [5, 5.41) is 3.95. The summed E-state index contributed by atoms with van der Waals surface area (Å²) in [6.07, 6.45) is 2.19. The Morgan fingerprint density at radius 2 is 2.09 bits per heavy atom. The summed E-state index contributed by atoms with van der Waals surface area (Å²) in [6.45, 7) is 2.67. The SMILES string of the molecule is CCc1nc([C@@H]2CCCN(S(=O)(=O)c3ccc(F)cc3)C2)no1. The fourth-order valence-corrected chi connectivity index (χ4v) is 4.23. The lowest BCUT2D eigenvalue weighted by Crippen LogP contribution is -2.39. The van der Waals surface area contributed by atoms with Crippen molar-refractivity contribution in [1.82, 2.24) is 14.4 Å². The minimum Gasteiger partial charge on any atom is -0.339 e. The number of rotatable bonds is 4. The van der Waals surface area contributed by atoms with Gasteiger partial charge in [0.15, 0.2) is 5.82 Å². The summed E-state index contributed by atoms with van der Waals surface area (Å²) in [5.41, 5.74) is 0. The van der Waals surface area contributed by atoms with E-state index in [0.29, 0.717) is 31.2 Å². The second kappa shape index (κ2) is 6.37. The van der Waals surface area contributed by atoms with Crippen molar-refractivity contribution in [2.24, 2.45) is 0 Å². The van der Waals surface area contributed by atoms with Gasteiger partial charge < -0.3 is 4.52 Å². The van der Waals surface area contributed by atoms with Crippen LogP contribution >= 0.6 is 0 Å². The van der Waals surface area contributed by atoms with Crippen LogP contribution in [0.15, 0.2) is 33.7 Å². The number of nitrogens with zero attached hydrogens (tertiary/aromatic N) is 3. The number of hydrogen-bond donors (Lipinski definition) is 0. The Balaban J connectivity index is 1.81. The van der Waals surface area contributed by atoms with Gasteiger partial charge >= 0.3 is 0 Å². The molecule has 23 heavy (non-hydrogen) atoms. The third-order valence-corrected chi connectivity index (χ3v) is 5.87. The maximum absolute atomic E-state index is 13.0. The first kappa shape index (κ1) is 16.1. The van der Waals surface area contributed by atoms with Crippen molar-refractivity contribution in [3.8, 4) is 0 Å². The van der Waals surface area contributed by atoms with Crippen LogP contribution in [0.1, 0.15) is 37.4 Å². The maximum Gasteiger partial charge on any atom is 0.243 e. The molecule has 1 aromatic carbocycles. The van der Waals surface area contributed by atoms with Gasteiger partial charge in [-0.15, -0.1) is 0 Å². The molecule has 1 saturated heterocycles. The van der Waals surface area contributed by atoms with Gasteiger partial charge in [-0.05, 0) is 37.1 Å². The van der Waals surface area contributed by atoms with E-state index in [9.17, 15) is 12.8 Å².